The van der Waals surface area contributed by atoms with E-state index in [9.17, 15) is 24.6 Å². The Kier molecular flexibility index (Phi) is 5.81. The van der Waals surface area contributed by atoms with Crippen molar-refractivity contribution < 1.29 is 34.5 Å². The highest BCUT2D eigenvalue weighted by Gasteiger charge is 2.64. The number of carbonyl (C=O) groups excluding carboxylic acids is 2. The van der Waals surface area contributed by atoms with Crippen LogP contribution in [0.3, 0.4) is 0 Å². The van der Waals surface area contributed by atoms with E-state index in [0.29, 0.717) is 19.3 Å². The van der Waals surface area contributed by atoms with E-state index in [2.05, 4.69) is 12.1 Å². The smallest absolute Gasteiger partial charge is 0.344 e. The van der Waals surface area contributed by atoms with Crippen molar-refractivity contribution >= 4 is 23.8 Å². The van der Waals surface area contributed by atoms with Crippen molar-refractivity contribution in [2.75, 3.05) is 13.2 Å². The normalized spacial score (nSPS) is 41.8. The Morgan fingerprint density at radius 1 is 1.29 bits per heavy atom. The van der Waals surface area contributed by atoms with Crippen molar-refractivity contribution in [1.82, 2.24) is 0 Å². The van der Waals surface area contributed by atoms with Gasteiger partial charge in [0.2, 0.25) is 6.61 Å². The second kappa shape index (κ2) is 8.13. The molecule has 0 aromatic rings. The molecule has 8 heteroatoms. The lowest BCUT2D eigenvalue weighted by atomic mass is 9.45. The maximum atomic E-state index is 12.6. The molecule has 170 valence electrons. The van der Waals surface area contributed by atoms with Crippen LogP contribution in [-0.4, -0.2) is 58.4 Å². The molecule has 0 amide bonds. The third-order valence-electron chi connectivity index (χ3n) is 8.60. The molecule has 3 N–H and O–H groups in total. The Bertz CT molecular complexity index is 836. The standard InChI is InChI=1S/C23H31NO7/c1-22-7-6-14(26)8-13(22)2-3-15-16-4-5-17(19(28)10-25)23(16,9-18(27)21(15)22)12-24-31-11-20(29)30/h8,12,15-18,21,25,27H,2-7,9-11H2,1H3,(H,29,30)/b24-12-/t15-,16?,17+,18-,21?,22-,23+/m0/s1. The van der Waals surface area contributed by atoms with Crippen molar-refractivity contribution in [1.29, 1.82) is 0 Å². The first-order valence-electron chi connectivity index (χ1n) is 11.2. The number of fused-ring (bicyclic) bond motifs is 5. The molecule has 3 fully saturated rings. The highest BCUT2D eigenvalue weighted by atomic mass is 16.6. The third kappa shape index (κ3) is 3.53. The Labute approximate surface area is 181 Å². The number of aliphatic hydroxyl groups excluding tert-OH is 2. The van der Waals surface area contributed by atoms with E-state index in [1.54, 1.807) is 12.3 Å². The predicted octanol–water partition coefficient (Wildman–Crippen LogP) is 1.73. The van der Waals surface area contributed by atoms with Crippen LogP contribution in [0.5, 0.6) is 0 Å². The Morgan fingerprint density at radius 2 is 2.06 bits per heavy atom. The molecular formula is C23H31NO7. The monoisotopic (exact) mass is 433 g/mol. The lowest BCUT2D eigenvalue weighted by molar-refractivity contribution is -0.143. The number of carboxylic acids is 1. The molecule has 0 aliphatic heterocycles. The summed E-state index contributed by atoms with van der Waals surface area (Å²) in [5.41, 5.74) is 0.135. The van der Waals surface area contributed by atoms with Gasteiger partial charge >= 0.3 is 5.97 Å². The quantitative estimate of drug-likeness (QED) is 0.429. The SMILES string of the molecule is C[C@]12CCC(=O)C=C1CC[C@@H]1C2[C@@H](O)C[C@@]2(/C=N\OCC(=O)O)C1CC[C@@H]2C(=O)CO. The average molecular weight is 434 g/mol. The number of rotatable bonds is 6. The molecule has 4 rings (SSSR count). The van der Waals surface area contributed by atoms with Crippen LogP contribution >= 0.6 is 0 Å². The first kappa shape index (κ1) is 22.1. The van der Waals surface area contributed by atoms with E-state index in [1.165, 1.54) is 0 Å². The minimum absolute atomic E-state index is 0.00459. The van der Waals surface area contributed by atoms with E-state index >= 15 is 0 Å². The molecule has 0 aromatic carbocycles. The van der Waals surface area contributed by atoms with Gasteiger partial charge in [0.05, 0.1) is 12.3 Å². The highest BCUT2D eigenvalue weighted by Crippen LogP contribution is 2.66. The summed E-state index contributed by atoms with van der Waals surface area (Å²) in [5.74, 6) is -1.51. The second-order valence-electron chi connectivity index (χ2n) is 9.93. The fourth-order valence-corrected chi connectivity index (χ4v) is 7.42. The molecule has 0 radical (unpaired) electrons. The molecule has 3 saturated carbocycles. The van der Waals surface area contributed by atoms with Crippen LogP contribution in [0, 0.1) is 34.5 Å². The Balaban J connectivity index is 1.70. The molecule has 31 heavy (non-hydrogen) atoms. The van der Waals surface area contributed by atoms with Crippen molar-refractivity contribution in [3.8, 4) is 0 Å². The summed E-state index contributed by atoms with van der Waals surface area (Å²) < 4.78 is 0. The zero-order valence-electron chi connectivity index (χ0n) is 17.8. The van der Waals surface area contributed by atoms with Crippen LogP contribution in [-0.2, 0) is 19.2 Å². The van der Waals surface area contributed by atoms with Gasteiger partial charge in [-0.2, -0.15) is 0 Å². The number of ketones is 2. The molecule has 4 aliphatic rings. The maximum Gasteiger partial charge on any atom is 0.344 e. The van der Waals surface area contributed by atoms with Gasteiger partial charge in [-0.05, 0) is 67.8 Å². The van der Waals surface area contributed by atoms with Gasteiger partial charge in [-0.25, -0.2) is 4.79 Å². The summed E-state index contributed by atoms with van der Waals surface area (Å²) in [7, 11) is 0. The van der Waals surface area contributed by atoms with Crippen LogP contribution in [0.2, 0.25) is 0 Å². The van der Waals surface area contributed by atoms with Gasteiger partial charge in [0.25, 0.3) is 0 Å². The molecule has 7 atom stereocenters. The lowest BCUT2D eigenvalue weighted by Gasteiger charge is -2.59. The number of aliphatic hydroxyl groups is 2. The zero-order valence-corrected chi connectivity index (χ0v) is 17.8. The van der Waals surface area contributed by atoms with E-state index in [4.69, 9.17) is 9.94 Å². The summed E-state index contributed by atoms with van der Waals surface area (Å²) >= 11 is 0. The van der Waals surface area contributed by atoms with E-state index < -0.39 is 36.6 Å². The van der Waals surface area contributed by atoms with Gasteiger partial charge in [-0.1, -0.05) is 17.7 Å². The Hall–Kier alpha value is -2.06. The summed E-state index contributed by atoms with van der Waals surface area (Å²) in [5, 5.41) is 33.7. The molecule has 0 aromatic heterocycles. The van der Waals surface area contributed by atoms with Crippen LogP contribution in [0.25, 0.3) is 0 Å². The summed E-state index contributed by atoms with van der Waals surface area (Å²) in [6.07, 6.45) is 7.16. The van der Waals surface area contributed by atoms with Crippen molar-refractivity contribution in [3.63, 3.8) is 0 Å². The van der Waals surface area contributed by atoms with E-state index in [-0.39, 0.29) is 34.7 Å². The Morgan fingerprint density at radius 3 is 2.77 bits per heavy atom. The van der Waals surface area contributed by atoms with Gasteiger partial charge in [-0.3, -0.25) is 9.59 Å². The molecule has 0 heterocycles. The first-order valence-corrected chi connectivity index (χ1v) is 11.2. The van der Waals surface area contributed by atoms with Gasteiger partial charge in [0.15, 0.2) is 11.6 Å². The summed E-state index contributed by atoms with van der Waals surface area (Å²) in [6, 6.07) is 0. The molecular weight excluding hydrogens is 402 g/mol. The zero-order chi connectivity index (χ0) is 22.4. The number of carboxylic acid groups (broad SMARTS) is 1. The number of hydrogen-bond donors (Lipinski definition) is 3. The van der Waals surface area contributed by atoms with Gasteiger partial charge in [0, 0.05) is 17.8 Å². The molecule has 0 saturated heterocycles. The summed E-state index contributed by atoms with van der Waals surface area (Å²) in [4.78, 5) is 40.3. The first-order chi connectivity index (χ1) is 14.7. The van der Waals surface area contributed by atoms with E-state index in [1.807, 2.05) is 0 Å². The largest absolute Gasteiger partial charge is 0.479 e. The number of carbonyl (C=O) groups is 3. The highest BCUT2D eigenvalue weighted by molar-refractivity contribution is 5.91. The van der Waals surface area contributed by atoms with Crippen LogP contribution in [0.1, 0.15) is 51.9 Å². The topological polar surface area (TPSA) is 133 Å². The fraction of sp³-hybridized carbons (Fsp3) is 0.739. The fourth-order valence-electron chi connectivity index (χ4n) is 7.42. The molecule has 4 aliphatic carbocycles. The predicted molar refractivity (Wildman–Crippen MR) is 110 cm³/mol. The number of allylic oxidation sites excluding steroid dienone is 1. The van der Waals surface area contributed by atoms with E-state index in [0.717, 1.165) is 31.3 Å². The molecule has 0 spiro atoms. The number of hydrogen-bond acceptors (Lipinski definition) is 7. The maximum absolute atomic E-state index is 12.6. The van der Waals surface area contributed by atoms with Gasteiger partial charge in [-0.15, -0.1) is 0 Å². The lowest BCUT2D eigenvalue weighted by Crippen LogP contribution is -2.58. The molecule has 0 bridgehead atoms. The molecule has 8 nitrogen and oxygen atoms in total. The summed E-state index contributed by atoms with van der Waals surface area (Å²) in [6.45, 7) is 1.01. The van der Waals surface area contributed by atoms with Gasteiger partial charge < -0.3 is 20.2 Å². The van der Waals surface area contributed by atoms with Crippen molar-refractivity contribution in [2.24, 2.45) is 39.7 Å². The van der Waals surface area contributed by atoms with Crippen LogP contribution < -0.4 is 0 Å². The average Bonchev–Trinajstić information content (AvgIpc) is 3.10. The van der Waals surface area contributed by atoms with Crippen LogP contribution in [0.15, 0.2) is 16.8 Å². The third-order valence-corrected chi connectivity index (χ3v) is 8.60. The number of oxime groups is 1. The minimum atomic E-state index is -1.14. The number of nitrogens with zero attached hydrogens (tertiary/aromatic N) is 1. The number of Topliss-reactive ketones (excluding diaryl/α,β-unsaturated/α-hetero) is 1. The molecule has 2 unspecified atom stereocenters. The van der Waals surface area contributed by atoms with Crippen molar-refractivity contribution in [3.05, 3.63) is 11.6 Å². The van der Waals surface area contributed by atoms with Gasteiger partial charge in [0.1, 0.15) is 6.61 Å². The second-order valence-corrected chi connectivity index (χ2v) is 9.93. The minimum Gasteiger partial charge on any atom is -0.479 e. The number of aliphatic carboxylic acids is 1. The van der Waals surface area contributed by atoms with Crippen molar-refractivity contribution in [2.45, 2.75) is 58.0 Å². The van der Waals surface area contributed by atoms with Crippen LogP contribution in [0.4, 0.5) is 0 Å².